The van der Waals surface area contributed by atoms with Crippen molar-refractivity contribution < 1.29 is 9.53 Å². The Morgan fingerprint density at radius 1 is 1.61 bits per heavy atom. The fraction of sp³-hybridized carbons (Fsp3) is 0.333. The summed E-state index contributed by atoms with van der Waals surface area (Å²) in [6, 6.07) is 3.68. The predicted molar refractivity (Wildman–Crippen MR) is 67.4 cm³/mol. The number of aromatic amines is 1. The fourth-order valence-electron chi connectivity index (χ4n) is 2.25. The van der Waals surface area contributed by atoms with Gasteiger partial charge in [-0.25, -0.2) is 4.98 Å². The number of ether oxygens (including phenoxy) is 1. The van der Waals surface area contributed by atoms with Crippen LogP contribution in [-0.2, 0) is 16.0 Å². The van der Waals surface area contributed by atoms with Crippen molar-refractivity contribution in [1.29, 1.82) is 0 Å². The van der Waals surface area contributed by atoms with Crippen LogP contribution in [-0.4, -0.2) is 29.1 Å². The summed E-state index contributed by atoms with van der Waals surface area (Å²) in [7, 11) is 1.41. The first-order chi connectivity index (χ1) is 8.79. The highest BCUT2D eigenvalue weighted by molar-refractivity contribution is 7.10. The minimum Gasteiger partial charge on any atom is -0.468 e. The van der Waals surface area contributed by atoms with Gasteiger partial charge in [0.1, 0.15) is 6.04 Å². The Kier molecular flexibility index (Phi) is 2.89. The van der Waals surface area contributed by atoms with Crippen molar-refractivity contribution in [3.63, 3.8) is 0 Å². The van der Waals surface area contributed by atoms with Crippen LogP contribution >= 0.6 is 11.3 Å². The zero-order valence-electron chi connectivity index (χ0n) is 9.84. The normalized spacial score (nSPS) is 22.5. The lowest BCUT2D eigenvalue weighted by Gasteiger charge is -2.28. The van der Waals surface area contributed by atoms with Gasteiger partial charge in [0.05, 0.1) is 25.2 Å². The number of imidazole rings is 1. The van der Waals surface area contributed by atoms with Crippen molar-refractivity contribution in [3.05, 3.63) is 40.1 Å². The minimum absolute atomic E-state index is 0.0379. The molecule has 0 bridgehead atoms. The maximum absolute atomic E-state index is 11.7. The molecular weight excluding hydrogens is 250 g/mol. The third kappa shape index (κ3) is 1.83. The van der Waals surface area contributed by atoms with Gasteiger partial charge in [-0.15, -0.1) is 11.3 Å². The molecule has 0 radical (unpaired) electrons. The number of esters is 1. The number of aromatic nitrogens is 2. The molecule has 0 amide bonds. The van der Waals surface area contributed by atoms with E-state index in [9.17, 15) is 4.79 Å². The van der Waals surface area contributed by atoms with E-state index in [1.54, 1.807) is 17.7 Å². The van der Waals surface area contributed by atoms with Crippen LogP contribution in [0.15, 0.2) is 23.8 Å². The lowest BCUT2D eigenvalue weighted by atomic mass is 9.98. The quantitative estimate of drug-likeness (QED) is 0.800. The van der Waals surface area contributed by atoms with E-state index in [0.29, 0.717) is 6.42 Å². The molecule has 0 fully saturated rings. The van der Waals surface area contributed by atoms with Crippen LogP contribution in [0.25, 0.3) is 0 Å². The highest BCUT2D eigenvalue weighted by Gasteiger charge is 2.34. The van der Waals surface area contributed by atoms with Gasteiger partial charge in [0, 0.05) is 17.0 Å². The Hall–Kier alpha value is -1.66. The summed E-state index contributed by atoms with van der Waals surface area (Å²) in [5.41, 5.74) is 1.97. The summed E-state index contributed by atoms with van der Waals surface area (Å²) in [6.45, 7) is 0. The SMILES string of the molecule is COC(=O)[C@@H]1Cc2[nH]cnc2[C@H](c2cccs2)N1. The minimum atomic E-state index is -0.324. The number of H-pyrrole nitrogens is 1. The van der Waals surface area contributed by atoms with E-state index in [4.69, 9.17) is 4.74 Å². The molecule has 0 aliphatic carbocycles. The Balaban J connectivity index is 1.97. The van der Waals surface area contributed by atoms with Crippen molar-refractivity contribution in [2.24, 2.45) is 0 Å². The molecule has 2 aromatic heterocycles. The fourth-order valence-corrected chi connectivity index (χ4v) is 3.04. The van der Waals surface area contributed by atoms with E-state index in [-0.39, 0.29) is 18.1 Å². The van der Waals surface area contributed by atoms with Crippen LogP contribution in [0.1, 0.15) is 22.3 Å². The Labute approximate surface area is 108 Å². The molecule has 2 atom stereocenters. The predicted octanol–water partition coefficient (Wildman–Crippen LogP) is 1.25. The third-order valence-corrected chi connectivity index (χ3v) is 4.05. The number of thiophene rings is 1. The number of nitrogens with zero attached hydrogens (tertiary/aromatic N) is 1. The zero-order chi connectivity index (χ0) is 12.5. The number of carbonyl (C=O) groups excluding carboxylic acids is 1. The second-order valence-corrected chi connectivity index (χ2v) is 5.14. The Morgan fingerprint density at radius 3 is 3.22 bits per heavy atom. The highest BCUT2D eigenvalue weighted by Crippen LogP contribution is 2.31. The largest absolute Gasteiger partial charge is 0.468 e. The maximum atomic E-state index is 11.7. The monoisotopic (exact) mass is 263 g/mol. The molecule has 5 nitrogen and oxygen atoms in total. The van der Waals surface area contributed by atoms with E-state index < -0.39 is 0 Å². The Morgan fingerprint density at radius 2 is 2.50 bits per heavy atom. The summed E-state index contributed by atoms with van der Waals surface area (Å²) in [4.78, 5) is 20.3. The highest BCUT2D eigenvalue weighted by atomic mass is 32.1. The smallest absolute Gasteiger partial charge is 0.323 e. The molecule has 18 heavy (non-hydrogen) atoms. The number of fused-ring (bicyclic) bond motifs is 1. The summed E-state index contributed by atoms with van der Waals surface area (Å²) < 4.78 is 4.81. The average molecular weight is 263 g/mol. The van der Waals surface area contributed by atoms with Gasteiger partial charge in [0.15, 0.2) is 0 Å². The van der Waals surface area contributed by atoms with E-state index in [1.165, 1.54) is 7.11 Å². The first-order valence-electron chi connectivity index (χ1n) is 5.69. The summed E-state index contributed by atoms with van der Waals surface area (Å²) >= 11 is 1.65. The zero-order valence-corrected chi connectivity index (χ0v) is 10.7. The molecule has 6 heteroatoms. The topological polar surface area (TPSA) is 67.0 Å². The number of nitrogens with one attached hydrogen (secondary N) is 2. The second-order valence-electron chi connectivity index (χ2n) is 4.16. The first-order valence-corrected chi connectivity index (χ1v) is 6.57. The number of rotatable bonds is 2. The van der Waals surface area contributed by atoms with E-state index in [1.807, 2.05) is 17.5 Å². The van der Waals surface area contributed by atoms with Crippen LogP contribution in [0, 0.1) is 0 Å². The van der Waals surface area contributed by atoms with Gasteiger partial charge >= 0.3 is 5.97 Å². The molecule has 0 saturated carbocycles. The van der Waals surface area contributed by atoms with Crippen LogP contribution < -0.4 is 5.32 Å². The van der Waals surface area contributed by atoms with Gasteiger partial charge < -0.3 is 9.72 Å². The number of carbonyl (C=O) groups is 1. The van der Waals surface area contributed by atoms with E-state index in [0.717, 1.165) is 16.3 Å². The summed E-state index contributed by atoms with van der Waals surface area (Å²) in [5.74, 6) is -0.239. The number of hydrogen-bond donors (Lipinski definition) is 2. The summed E-state index contributed by atoms with van der Waals surface area (Å²) in [6.07, 6.45) is 2.26. The van der Waals surface area contributed by atoms with Gasteiger partial charge in [0.2, 0.25) is 0 Å². The first kappa shape index (κ1) is 11.4. The lowest BCUT2D eigenvalue weighted by molar-refractivity contribution is -0.143. The van der Waals surface area contributed by atoms with Gasteiger partial charge in [-0.2, -0.15) is 0 Å². The van der Waals surface area contributed by atoms with Crippen LogP contribution in [0.4, 0.5) is 0 Å². The Bertz CT molecular complexity index is 549. The van der Waals surface area contributed by atoms with Crippen molar-refractivity contribution >= 4 is 17.3 Å². The molecule has 3 rings (SSSR count). The molecule has 94 valence electrons. The number of hydrogen-bond acceptors (Lipinski definition) is 5. The second kappa shape index (κ2) is 4.55. The van der Waals surface area contributed by atoms with Gasteiger partial charge in [-0.1, -0.05) is 6.07 Å². The molecule has 0 unspecified atom stereocenters. The van der Waals surface area contributed by atoms with Gasteiger partial charge in [-0.3, -0.25) is 10.1 Å². The molecule has 0 spiro atoms. The molecule has 3 heterocycles. The molecule has 0 saturated heterocycles. The molecule has 0 aromatic carbocycles. The molecule has 1 aliphatic rings. The van der Waals surface area contributed by atoms with E-state index >= 15 is 0 Å². The molecular formula is C12H13N3O2S. The van der Waals surface area contributed by atoms with Crippen LogP contribution in [0.3, 0.4) is 0 Å². The maximum Gasteiger partial charge on any atom is 0.323 e. The number of methoxy groups -OCH3 is 1. The van der Waals surface area contributed by atoms with Crippen LogP contribution in [0.5, 0.6) is 0 Å². The van der Waals surface area contributed by atoms with Crippen molar-refractivity contribution in [2.45, 2.75) is 18.5 Å². The van der Waals surface area contributed by atoms with Gasteiger partial charge in [-0.05, 0) is 11.4 Å². The molecule has 1 aliphatic heterocycles. The standard InChI is InChI=1S/C12H13N3O2S/c1-17-12(16)8-5-7-10(14-6-13-7)11(15-8)9-3-2-4-18-9/h2-4,6,8,11,15H,5H2,1H3,(H,13,14)/t8-,11-/m0/s1. The lowest BCUT2D eigenvalue weighted by Crippen LogP contribution is -2.45. The molecule has 2 N–H and O–H groups in total. The van der Waals surface area contributed by atoms with E-state index in [2.05, 4.69) is 15.3 Å². The van der Waals surface area contributed by atoms with Crippen molar-refractivity contribution in [1.82, 2.24) is 15.3 Å². The van der Waals surface area contributed by atoms with Crippen molar-refractivity contribution in [3.8, 4) is 0 Å². The summed E-state index contributed by atoms with van der Waals surface area (Å²) in [5, 5.41) is 5.32. The van der Waals surface area contributed by atoms with Crippen LogP contribution in [0.2, 0.25) is 0 Å². The third-order valence-electron chi connectivity index (χ3n) is 3.11. The van der Waals surface area contributed by atoms with Crippen molar-refractivity contribution in [2.75, 3.05) is 7.11 Å². The average Bonchev–Trinajstić information content (AvgIpc) is 3.06. The molecule has 2 aromatic rings. The van der Waals surface area contributed by atoms with Gasteiger partial charge in [0.25, 0.3) is 0 Å².